The van der Waals surface area contributed by atoms with Gasteiger partial charge in [0, 0.05) is 12.0 Å². The average Bonchev–Trinajstić information content (AvgIpc) is 2.58. The Kier molecular flexibility index (Phi) is 3.25. The first-order chi connectivity index (χ1) is 7.97. The molecule has 2 rings (SSSR count). The van der Waals surface area contributed by atoms with Crippen LogP contribution in [0.25, 0.3) is 5.57 Å². The van der Waals surface area contributed by atoms with E-state index >= 15 is 0 Å². The van der Waals surface area contributed by atoms with Crippen LogP contribution in [0.5, 0.6) is 0 Å². The second-order valence-electron chi connectivity index (χ2n) is 5.48. The minimum absolute atomic E-state index is 1.01. The van der Waals surface area contributed by atoms with Gasteiger partial charge in [0.05, 0.1) is 5.76 Å². The summed E-state index contributed by atoms with van der Waals surface area (Å²) < 4.78 is 6.19. The Bertz CT molecular complexity index is 452. The standard InChI is InChI=1S/C15H20OSi/c1-12-10-11-14(16-17(2,3)4)15(12)13-8-6-5-7-9-13/h5-9H,1,10-11H2,2-4H3. The summed E-state index contributed by atoms with van der Waals surface area (Å²) in [5.74, 6) is 1.15. The first kappa shape index (κ1) is 12.2. The second-order valence-corrected chi connectivity index (χ2v) is 9.91. The number of benzene rings is 1. The van der Waals surface area contributed by atoms with E-state index in [1.807, 2.05) is 6.07 Å². The lowest BCUT2D eigenvalue weighted by atomic mass is 10.0. The van der Waals surface area contributed by atoms with E-state index in [9.17, 15) is 0 Å². The summed E-state index contributed by atoms with van der Waals surface area (Å²) in [6, 6.07) is 10.5. The van der Waals surface area contributed by atoms with Gasteiger partial charge in [-0.3, -0.25) is 0 Å². The highest BCUT2D eigenvalue weighted by Crippen LogP contribution is 2.39. The molecule has 1 aliphatic carbocycles. The second kappa shape index (κ2) is 4.53. The summed E-state index contributed by atoms with van der Waals surface area (Å²) in [4.78, 5) is 0. The molecule has 1 aromatic carbocycles. The molecule has 0 aliphatic heterocycles. The van der Waals surface area contributed by atoms with E-state index < -0.39 is 8.32 Å². The maximum absolute atomic E-state index is 6.19. The Hall–Kier alpha value is -1.28. The van der Waals surface area contributed by atoms with E-state index in [0.717, 1.165) is 18.6 Å². The van der Waals surface area contributed by atoms with Crippen LogP contribution in [0.2, 0.25) is 19.6 Å². The third kappa shape index (κ3) is 2.89. The summed E-state index contributed by atoms with van der Waals surface area (Å²) in [5.41, 5.74) is 3.70. The zero-order valence-electron chi connectivity index (χ0n) is 10.9. The van der Waals surface area contributed by atoms with Crippen LogP contribution in [-0.2, 0) is 4.43 Å². The Morgan fingerprint density at radius 2 is 1.71 bits per heavy atom. The fourth-order valence-electron chi connectivity index (χ4n) is 2.15. The maximum Gasteiger partial charge on any atom is 0.241 e. The number of hydrogen-bond donors (Lipinski definition) is 0. The van der Waals surface area contributed by atoms with Gasteiger partial charge in [0.2, 0.25) is 8.32 Å². The maximum atomic E-state index is 6.19. The van der Waals surface area contributed by atoms with Crippen LogP contribution in [0.15, 0.2) is 48.2 Å². The smallest absolute Gasteiger partial charge is 0.241 e. The molecule has 1 nitrogen and oxygen atoms in total. The van der Waals surface area contributed by atoms with Gasteiger partial charge in [-0.15, -0.1) is 0 Å². The van der Waals surface area contributed by atoms with Crippen LogP contribution in [0.3, 0.4) is 0 Å². The molecule has 0 atom stereocenters. The van der Waals surface area contributed by atoms with Gasteiger partial charge >= 0.3 is 0 Å². The van der Waals surface area contributed by atoms with Gasteiger partial charge in [0.25, 0.3) is 0 Å². The normalized spacial score (nSPS) is 16.5. The van der Waals surface area contributed by atoms with Crippen LogP contribution in [-0.4, -0.2) is 8.32 Å². The fourth-order valence-corrected chi connectivity index (χ4v) is 3.10. The highest BCUT2D eigenvalue weighted by Gasteiger charge is 2.25. The van der Waals surface area contributed by atoms with Crippen molar-refractivity contribution in [1.29, 1.82) is 0 Å². The van der Waals surface area contributed by atoms with Crippen molar-refractivity contribution < 1.29 is 4.43 Å². The lowest BCUT2D eigenvalue weighted by Gasteiger charge is -2.21. The van der Waals surface area contributed by atoms with E-state index in [-0.39, 0.29) is 0 Å². The Balaban J connectivity index is 2.39. The first-order valence-corrected chi connectivity index (χ1v) is 9.54. The molecule has 2 heteroatoms. The van der Waals surface area contributed by atoms with Crippen molar-refractivity contribution in [3.63, 3.8) is 0 Å². The molecule has 0 amide bonds. The van der Waals surface area contributed by atoms with Crippen molar-refractivity contribution >= 4 is 13.9 Å². The molecule has 0 fully saturated rings. The molecule has 0 saturated heterocycles. The fraction of sp³-hybridized carbons (Fsp3) is 0.333. The van der Waals surface area contributed by atoms with Gasteiger partial charge in [-0.05, 0) is 37.2 Å². The van der Waals surface area contributed by atoms with Gasteiger partial charge in [0.15, 0.2) is 0 Å². The number of hydrogen-bond acceptors (Lipinski definition) is 1. The molecule has 90 valence electrons. The molecule has 17 heavy (non-hydrogen) atoms. The van der Waals surface area contributed by atoms with E-state index in [4.69, 9.17) is 4.43 Å². The molecular formula is C15H20OSi. The lowest BCUT2D eigenvalue weighted by molar-refractivity contribution is 0.410. The van der Waals surface area contributed by atoms with Crippen LogP contribution in [0.1, 0.15) is 18.4 Å². The van der Waals surface area contributed by atoms with E-state index in [1.165, 1.54) is 16.7 Å². The largest absolute Gasteiger partial charge is 0.547 e. The topological polar surface area (TPSA) is 9.23 Å². The minimum atomic E-state index is -1.53. The lowest BCUT2D eigenvalue weighted by Crippen LogP contribution is -2.24. The van der Waals surface area contributed by atoms with Crippen molar-refractivity contribution in [1.82, 2.24) is 0 Å². The summed E-state index contributed by atoms with van der Waals surface area (Å²) in [6.45, 7) is 10.8. The predicted molar refractivity (Wildman–Crippen MR) is 76.2 cm³/mol. The molecule has 0 radical (unpaired) electrons. The third-order valence-corrected chi connectivity index (χ3v) is 3.64. The van der Waals surface area contributed by atoms with Crippen LogP contribution >= 0.6 is 0 Å². The summed E-state index contributed by atoms with van der Waals surface area (Å²) in [5, 5.41) is 0. The molecule has 0 heterocycles. The van der Waals surface area contributed by atoms with Crippen LogP contribution in [0.4, 0.5) is 0 Å². The summed E-state index contributed by atoms with van der Waals surface area (Å²) in [7, 11) is -1.53. The Morgan fingerprint density at radius 1 is 1.06 bits per heavy atom. The third-order valence-electron chi connectivity index (χ3n) is 2.78. The van der Waals surface area contributed by atoms with E-state index in [2.05, 4.69) is 50.5 Å². The molecule has 0 N–H and O–H groups in total. The van der Waals surface area contributed by atoms with Gasteiger partial charge in [-0.25, -0.2) is 0 Å². The molecule has 0 aromatic heterocycles. The van der Waals surface area contributed by atoms with Gasteiger partial charge in [-0.2, -0.15) is 0 Å². The predicted octanol–water partition coefficient (Wildman–Crippen LogP) is 4.60. The van der Waals surface area contributed by atoms with Crippen molar-refractivity contribution in [3.8, 4) is 0 Å². The number of allylic oxidation sites excluding steroid dienone is 3. The van der Waals surface area contributed by atoms with Gasteiger partial charge in [-0.1, -0.05) is 36.9 Å². The van der Waals surface area contributed by atoms with Crippen LogP contribution in [0, 0.1) is 0 Å². The van der Waals surface area contributed by atoms with Crippen molar-refractivity contribution in [2.24, 2.45) is 0 Å². The highest BCUT2D eigenvalue weighted by atomic mass is 28.4. The van der Waals surface area contributed by atoms with E-state index in [1.54, 1.807) is 0 Å². The minimum Gasteiger partial charge on any atom is -0.547 e. The number of rotatable bonds is 3. The van der Waals surface area contributed by atoms with Crippen molar-refractivity contribution in [3.05, 3.63) is 53.8 Å². The molecule has 0 bridgehead atoms. The molecular weight excluding hydrogens is 224 g/mol. The molecule has 1 aromatic rings. The quantitative estimate of drug-likeness (QED) is 0.706. The summed E-state index contributed by atoms with van der Waals surface area (Å²) in [6.07, 6.45) is 2.04. The van der Waals surface area contributed by atoms with Crippen molar-refractivity contribution in [2.75, 3.05) is 0 Å². The Morgan fingerprint density at radius 3 is 2.29 bits per heavy atom. The molecule has 0 saturated carbocycles. The zero-order valence-corrected chi connectivity index (χ0v) is 11.9. The van der Waals surface area contributed by atoms with Gasteiger partial charge in [0.1, 0.15) is 0 Å². The van der Waals surface area contributed by atoms with Gasteiger partial charge < -0.3 is 4.43 Å². The average molecular weight is 244 g/mol. The Labute approximate surface area is 105 Å². The molecule has 0 unspecified atom stereocenters. The van der Waals surface area contributed by atoms with E-state index in [0.29, 0.717) is 0 Å². The van der Waals surface area contributed by atoms with Crippen LogP contribution < -0.4 is 0 Å². The first-order valence-electron chi connectivity index (χ1n) is 6.13. The monoisotopic (exact) mass is 244 g/mol. The molecule has 0 spiro atoms. The van der Waals surface area contributed by atoms with Crippen molar-refractivity contribution in [2.45, 2.75) is 32.5 Å². The SMILES string of the molecule is C=C1CCC(O[Si](C)(C)C)=C1c1ccccc1. The highest BCUT2D eigenvalue weighted by molar-refractivity contribution is 6.70. The zero-order chi connectivity index (χ0) is 12.5. The molecule has 1 aliphatic rings. The summed E-state index contributed by atoms with van der Waals surface area (Å²) >= 11 is 0.